The largest absolute Gasteiger partial charge is 0.469 e. The van der Waals surface area contributed by atoms with Gasteiger partial charge in [0.15, 0.2) is 0 Å². The summed E-state index contributed by atoms with van der Waals surface area (Å²) in [5.74, 6) is -0.835. The number of carbonyl (C=O) groups is 2. The van der Waals surface area contributed by atoms with Crippen molar-refractivity contribution < 1.29 is 19.1 Å². The molecule has 0 bridgehead atoms. The van der Waals surface area contributed by atoms with Crippen molar-refractivity contribution in [1.82, 2.24) is 4.57 Å². The second-order valence-corrected chi connectivity index (χ2v) is 6.03. The Labute approximate surface area is 137 Å². The number of rotatable bonds is 5. The normalized spacial score (nSPS) is 21.7. The van der Waals surface area contributed by atoms with Gasteiger partial charge in [0.05, 0.1) is 20.1 Å². The quantitative estimate of drug-likeness (QED) is 0.618. The van der Waals surface area contributed by atoms with E-state index in [4.69, 9.17) is 9.47 Å². The molecule has 0 saturated carbocycles. The standard InChI is InChI=1S/C18H25NO4/c1-5-18(11-9-13(2)16(20)22-3)10-6-12-19-14(17(21)23-4)7-8-15(18)19/h7-9,11,13H,5-6,10,12H2,1-4H3/b11-9+/t13-,18-/m1/s1. The van der Waals surface area contributed by atoms with Crippen molar-refractivity contribution in [3.05, 3.63) is 35.7 Å². The fourth-order valence-corrected chi connectivity index (χ4v) is 3.34. The van der Waals surface area contributed by atoms with E-state index in [1.807, 2.05) is 29.7 Å². The lowest BCUT2D eigenvalue weighted by molar-refractivity contribution is -0.143. The molecule has 1 aromatic heterocycles. The highest BCUT2D eigenvalue weighted by Crippen LogP contribution is 2.40. The van der Waals surface area contributed by atoms with Gasteiger partial charge in [0.2, 0.25) is 0 Å². The van der Waals surface area contributed by atoms with Gasteiger partial charge in [-0.05, 0) is 38.3 Å². The van der Waals surface area contributed by atoms with Gasteiger partial charge in [-0.2, -0.15) is 0 Å². The molecular weight excluding hydrogens is 294 g/mol. The zero-order valence-electron chi connectivity index (χ0n) is 14.3. The topological polar surface area (TPSA) is 57.5 Å². The van der Waals surface area contributed by atoms with Crippen molar-refractivity contribution >= 4 is 11.9 Å². The molecule has 0 fully saturated rings. The Hall–Kier alpha value is -2.04. The summed E-state index contributed by atoms with van der Waals surface area (Å²) in [4.78, 5) is 23.5. The van der Waals surface area contributed by atoms with E-state index in [0.29, 0.717) is 5.69 Å². The number of methoxy groups -OCH3 is 2. The van der Waals surface area contributed by atoms with E-state index < -0.39 is 0 Å². The first-order valence-electron chi connectivity index (χ1n) is 8.04. The van der Waals surface area contributed by atoms with Gasteiger partial charge in [0.25, 0.3) is 0 Å². The van der Waals surface area contributed by atoms with Crippen molar-refractivity contribution in [2.75, 3.05) is 14.2 Å². The Morgan fingerprint density at radius 3 is 2.70 bits per heavy atom. The SMILES string of the molecule is CC[C@]1(/C=C/[C@@H](C)C(=O)OC)CCCn2c(C(=O)OC)ccc21. The molecule has 5 heteroatoms. The van der Waals surface area contributed by atoms with E-state index >= 15 is 0 Å². The van der Waals surface area contributed by atoms with E-state index in [2.05, 4.69) is 13.0 Å². The number of fused-ring (bicyclic) bond motifs is 1. The first-order chi connectivity index (χ1) is 11.0. The van der Waals surface area contributed by atoms with E-state index in [9.17, 15) is 9.59 Å². The summed E-state index contributed by atoms with van der Waals surface area (Å²) in [6.07, 6.45) is 6.91. The van der Waals surface area contributed by atoms with E-state index in [0.717, 1.165) is 31.5 Å². The van der Waals surface area contributed by atoms with Crippen LogP contribution in [0, 0.1) is 5.92 Å². The lowest BCUT2D eigenvalue weighted by atomic mass is 9.75. The van der Waals surface area contributed by atoms with Crippen molar-refractivity contribution in [2.45, 2.75) is 45.1 Å². The van der Waals surface area contributed by atoms with Gasteiger partial charge in [-0.15, -0.1) is 0 Å². The Morgan fingerprint density at radius 1 is 1.35 bits per heavy atom. The van der Waals surface area contributed by atoms with Crippen molar-refractivity contribution in [3.8, 4) is 0 Å². The Kier molecular flexibility index (Phi) is 5.29. The zero-order chi connectivity index (χ0) is 17.0. The van der Waals surface area contributed by atoms with Crippen LogP contribution in [0.3, 0.4) is 0 Å². The number of carbonyl (C=O) groups excluding carboxylic acids is 2. The van der Waals surface area contributed by atoms with Gasteiger partial charge in [-0.1, -0.05) is 19.1 Å². The zero-order valence-corrected chi connectivity index (χ0v) is 14.3. The van der Waals surface area contributed by atoms with Gasteiger partial charge in [0.1, 0.15) is 5.69 Å². The third-order valence-electron chi connectivity index (χ3n) is 4.80. The number of ether oxygens (including phenoxy) is 2. The fourth-order valence-electron chi connectivity index (χ4n) is 3.34. The van der Waals surface area contributed by atoms with Crippen LogP contribution in [0.1, 0.15) is 49.3 Å². The average Bonchev–Trinajstić information content (AvgIpc) is 3.03. The predicted molar refractivity (Wildman–Crippen MR) is 87.3 cm³/mol. The number of hydrogen-bond acceptors (Lipinski definition) is 4. The molecule has 5 nitrogen and oxygen atoms in total. The maximum absolute atomic E-state index is 11.9. The Balaban J connectivity index is 2.38. The molecule has 2 rings (SSSR count). The number of allylic oxidation sites excluding steroid dienone is 1. The molecule has 2 atom stereocenters. The maximum atomic E-state index is 11.9. The first kappa shape index (κ1) is 17.3. The maximum Gasteiger partial charge on any atom is 0.354 e. The Bertz CT molecular complexity index is 617. The van der Waals surface area contributed by atoms with Crippen LogP contribution < -0.4 is 0 Å². The van der Waals surface area contributed by atoms with Crippen LogP contribution in [-0.2, 0) is 26.2 Å². The van der Waals surface area contributed by atoms with Crippen molar-refractivity contribution in [3.63, 3.8) is 0 Å². The molecule has 0 N–H and O–H groups in total. The van der Waals surface area contributed by atoms with Gasteiger partial charge in [0, 0.05) is 17.7 Å². The summed E-state index contributed by atoms with van der Waals surface area (Å²) < 4.78 is 11.7. The summed E-state index contributed by atoms with van der Waals surface area (Å²) in [5, 5.41) is 0. The molecule has 0 saturated heterocycles. The number of hydrogen-bond donors (Lipinski definition) is 0. The van der Waals surface area contributed by atoms with Crippen molar-refractivity contribution in [1.29, 1.82) is 0 Å². The monoisotopic (exact) mass is 319 g/mol. The second kappa shape index (κ2) is 7.02. The molecule has 0 aliphatic carbocycles. The number of nitrogens with zero attached hydrogens (tertiary/aromatic N) is 1. The third-order valence-corrected chi connectivity index (χ3v) is 4.80. The molecule has 1 aromatic rings. The molecule has 1 aliphatic heterocycles. The highest BCUT2D eigenvalue weighted by atomic mass is 16.5. The van der Waals surface area contributed by atoms with Gasteiger partial charge in [-0.25, -0.2) is 4.79 Å². The predicted octanol–water partition coefficient (Wildman–Crippen LogP) is 3.08. The van der Waals surface area contributed by atoms with E-state index in [1.54, 1.807) is 0 Å². The summed E-state index contributed by atoms with van der Waals surface area (Å²) in [6, 6.07) is 3.83. The summed E-state index contributed by atoms with van der Waals surface area (Å²) in [5.41, 5.74) is 1.54. The smallest absolute Gasteiger partial charge is 0.354 e. The van der Waals surface area contributed by atoms with E-state index in [1.165, 1.54) is 14.2 Å². The minimum absolute atomic E-state index is 0.160. The fraction of sp³-hybridized carbons (Fsp3) is 0.556. The molecular formula is C18H25NO4. The van der Waals surface area contributed by atoms with Gasteiger partial charge >= 0.3 is 11.9 Å². The first-order valence-corrected chi connectivity index (χ1v) is 8.04. The molecule has 1 aliphatic rings. The van der Waals surface area contributed by atoms with Crippen LogP contribution in [0.15, 0.2) is 24.3 Å². The van der Waals surface area contributed by atoms with Crippen LogP contribution in [-0.4, -0.2) is 30.7 Å². The summed E-state index contributed by atoms with van der Waals surface area (Å²) >= 11 is 0. The van der Waals surface area contributed by atoms with Crippen LogP contribution in [0.5, 0.6) is 0 Å². The molecule has 0 amide bonds. The van der Waals surface area contributed by atoms with Gasteiger partial charge < -0.3 is 14.0 Å². The lowest BCUT2D eigenvalue weighted by Crippen LogP contribution is -2.32. The molecule has 23 heavy (non-hydrogen) atoms. The summed E-state index contributed by atoms with van der Waals surface area (Å²) in [6.45, 7) is 4.77. The minimum atomic E-state index is -0.310. The van der Waals surface area contributed by atoms with Crippen LogP contribution in [0.25, 0.3) is 0 Å². The highest BCUT2D eigenvalue weighted by Gasteiger charge is 2.35. The molecule has 0 radical (unpaired) electrons. The minimum Gasteiger partial charge on any atom is -0.469 e. The molecule has 126 valence electrons. The third kappa shape index (κ3) is 3.19. The highest BCUT2D eigenvalue weighted by molar-refractivity contribution is 5.88. The number of esters is 2. The average molecular weight is 319 g/mol. The van der Waals surface area contributed by atoms with Crippen LogP contribution in [0.2, 0.25) is 0 Å². The number of aromatic nitrogens is 1. The van der Waals surface area contributed by atoms with E-state index in [-0.39, 0.29) is 23.3 Å². The van der Waals surface area contributed by atoms with Gasteiger partial charge in [-0.3, -0.25) is 4.79 Å². The molecule has 0 aromatic carbocycles. The second-order valence-electron chi connectivity index (χ2n) is 6.03. The lowest BCUT2D eigenvalue weighted by Gasteiger charge is -2.36. The summed E-state index contributed by atoms with van der Waals surface area (Å²) in [7, 11) is 2.80. The molecule has 2 heterocycles. The van der Waals surface area contributed by atoms with Crippen LogP contribution in [0.4, 0.5) is 0 Å². The molecule has 0 spiro atoms. The molecule has 0 unspecified atom stereocenters. The Morgan fingerprint density at radius 2 is 2.09 bits per heavy atom. The van der Waals surface area contributed by atoms with Crippen LogP contribution >= 0.6 is 0 Å². The van der Waals surface area contributed by atoms with Crippen molar-refractivity contribution in [2.24, 2.45) is 5.92 Å².